The molecule has 0 bridgehead atoms. The predicted molar refractivity (Wildman–Crippen MR) is 208 cm³/mol. The minimum absolute atomic E-state index is 0.0248. The molecule has 1 aromatic heterocycles. The number of halogens is 4. The number of hydrogen-bond acceptors (Lipinski definition) is 10. The van der Waals surface area contributed by atoms with E-state index < -0.39 is 28.7 Å². The Hall–Kier alpha value is -3.63. The zero-order valence-corrected chi connectivity index (χ0v) is 33.7. The molecule has 17 heteroatoms. The summed E-state index contributed by atoms with van der Waals surface area (Å²) in [7, 11) is -3.76. The summed E-state index contributed by atoms with van der Waals surface area (Å²) >= 11 is 12.8. The first kappa shape index (κ1) is 42.0. The van der Waals surface area contributed by atoms with Crippen LogP contribution in [0.25, 0.3) is 0 Å². The van der Waals surface area contributed by atoms with Crippen molar-refractivity contribution in [2.75, 3.05) is 43.3 Å². The highest BCUT2D eigenvalue weighted by molar-refractivity contribution is 7.92. The lowest BCUT2D eigenvalue weighted by atomic mass is 10.0. The zero-order valence-electron chi connectivity index (χ0n) is 31.4. The zero-order chi connectivity index (χ0) is 40.0. The number of nitrogens with one attached hydrogen (secondary N) is 2. The van der Waals surface area contributed by atoms with Crippen LogP contribution in [0.2, 0.25) is 10.0 Å². The summed E-state index contributed by atoms with van der Waals surface area (Å²) in [5.41, 5.74) is 0.923. The second-order valence-corrected chi connectivity index (χ2v) is 17.6. The number of ether oxygens (including phenoxy) is 4. The average Bonchev–Trinajstić information content (AvgIpc) is 4.08. The molecule has 56 heavy (non-hydrogen) atoms. The number of aromatic nitrogens is 1. The van der Waals surface area contributed by atoms with Crippen molar-refractivity contribution in [3.63, 3.8) is 0 Å². The third-order valence-corrected chi connectivity index (χ3v) is 12.1. The van der Waals surface area contributed by atoms with Gasteiger partial charge >= 0.3 is 12.6 Å². The van der Waals surface area contributed by atoms with Gasteiger partial charge in [-0.25, -0.2) is 13.2 Å². The van der Waals surface area contributed by atoms with Gasteiger partial charge in [0, 0.05) is 37.2 Å². The van der Waals surface area contributed by atoms with Gasteiger partial charge in [-0.3, -0.25) is 9.62 Å². The van der Waals surface area contributed by atoms with Gasteiger partial charge in [0.1, 0.15) is 21.9 Å². The standard InChI is InChI=1S/C39H48Cl2F2N4O8S/c1-24-19-46(25(2)18-44-24)13-3-4-14-56(50,51)45-33-11-9-29(16-36(33)52-22-26-5-6-26)38(48)54-35(17-30-31(40)20-47(49)21-32(30)41)28-10-12-34(55-39(42)43)37(15-28)53-23-27-7-8-27/h9-12,15-16,20-21,24-27,35,39,44-45H,3-8,13-14,17-19,22-23H2,1-2H3/t24-,25+,35+/m1/s1. The van der Waals surface area contributed by atoms with E-state index in [1.165, 1.54) is 36.4 Å². The van der Waals surface area contributed by atoms with Crippen molar-refractivity contribution in [1.82, 2.24) is 10.2 Å². The number of benzene rings is 2. The average molecular weight is 842 g/mol. The maximum Gasteiger partial charge on any atom is 0.387 e. The molecule has 3 atom stereocenters. The monoisotopic (exact) mass is 840 g/mol. The van der Waals surface area contributed by atoms with Crippen LogP contribution in [0.3, 0.4) is 0 Å². The molecule has 2 aromatic carbocycles. The van der Waals surface area contributed by atoms with E-state index in [2.05, 4.69) is 28.8 Å². The van der Waals surface area contributed by atoms with E-state index in [-0.39, 0.29) is 50.7 Å². The normalized spacial score (nSPS) is 19.4. The molecule has 0 radical (unpaired) electrons. The fraction of sp³-hybridized carbons (Fsp3) is 0.538. The largest absolute Gasteiger partial charge is 0.619 e. The Labute approximate surface area is 336 Å². The summed E-state index contributed by atoms with van der Waals surface area (Å²) in [5, 5.41) is 15.5. The maximum atomic E-state index is 13.9. The SMILES string of the molecule is C[C@@H]1CN(CCCCS(=O)(=O)Nc2ccc(C(=O)O[C@@H](Cc3c(Cl)c[n+]([O-])cc3Cl)c3ccc(OC(F)F)c(OCC4CC4)c3)cc2OCC2CC2)[C@@H](C)CN1. The number of pyridine rings is 1. The highest BCUT2D eigenvalue weighted by Gasteiger charge is 2.29. The molecule has 0 amide bonds. The Morgan fingerprint density at radius 3 is 2.32 bits per heavy atom. The molecule has 3 fully saturated rings. The van der Waals surface area contributed by atoms with Crippen molar-refractivity contribution in [1.29, 1.82) is 0 Å². The Morgan fingerprint density at radius 1 is 0.982 bits per heavy atom. The fourth-order valence-electron chi connectivity index (χ4n) is 6.44. The van der Waals surface area contributed by atoms with E-state index in [1.54, 1.807) is 0 Å². The van der Waals surface area contributed by atoms with Crippen LogP contribution in [0.1, 0.15) is 80.0 Å². The number of carbonyl (C=O) groups is 1. The first-order valence-electron chi connectivity index (χ1n) is 19.0. The molecular weight excluding hydrogens is 793 g/mol. The maximum absolute atomic E-state index is 13.9. The Kier molecular flexibility index (Phi) is 14.1. The molecule has 2 saturated carbocycles. The van der Waals surface area contributed by atoms with Crippen LogP contribution in [-0.4, -0.2) is 76.6 Å². The van der Waals surface area contributed by atoms with Crippen LogP contribution < -0.4 is 29.0 Å². The molecular formula is C39H48Cl2F2N4O8S. The number of anilines is 1. The van der Waals surface area contributed by atoms with Gasteiger partial charge in [-0.15, -0.1) is 0 Å². The fourth-order valence-corrected chi connectivity index (χ4v) is 8.23. The van der Waals surface area contributed by atoms with E-state index in [9.17, 15) is 27.2 Å². The number of carbonyl (C=O) groups excluding carboxylic acids is 1. The number of unbranched alkanes of at least 4 members (excludes halogenated alkanes) is 1. The second kappa shape index (κ2) is 18.8. The van der Waals surface area contributed by atoms with Gasteiger partial charge in [-0.05, 0) is 107 Å². The predicted octanol–water partition coefficient (Wildman–Crippen LogP) is 7.15. The van der Waals surface area contributed by atoms with Gasteiger partial charge in [0.15, 0.2) is 23.9 Å². The van der Waals surface area contributed by atoms with Gasteiger partial charge in [0.2, 0.25) is 10.0 Å². The van der Waals surface area contributed by atoms with E-state index in [0.717, 1.165) is 64.1 Å². The number of alkyl halides is 2. The second-order valence-electron chi connectivity index (χ2n) is 15.0. The lowest BCUT2D eigenvalue weighted by Gasteiger charge is -2.37. The third kappa shape index (κ3) is 12.2. The van der Waals surface area contributed by atoms with Crippen molar-refractivity contribution >= 4 is 44.9 Å². The van der Waals surface area contributed by atoms with E-state index in [1.807, 2.05) is 0 Å². The molecule has 6 rings (SSSR count). The minimum Gasteiger partial charge on any atom is -0.619 e. The summed E-state index contributed by atoms with van der Waals surface area (Å²) in [6.07, 6.45) is 6.10. The highest BCUT2D eigenvalue weighted by atomic mass is 35.5. The number of hydrogen-bond donors (Lipinski definition) is 2. The van der Waals surface area contributed by atoms with Gasteiger partial charge in [-0.2, -0.15) is 13.5 Å². The topological polar surface area (TPSA) is 142 Å². The Balaban J connectivity index is 1.21. The third-order valence-electron chi connectivity index (χ3n) is 10.1. The van der Waals surface area contributed by atoms with E-state index in [0.29, 0.717) is 59.4 Å². The first-order chi connectivity index (χ1) is 26.7. The number of sulfonamides is 1. The number of nitrogens with zero attached hydrogens (tertiary/aromatic N) is 2. The van der Waals surface area contributed by atoms with Gasteiger partial charge in [0.25, 0.3) is 0 Å². The van der Waals surface area contributed by atoms with Crippen LogP contribution in [0.4, 0.5) is 14.5 Å². The van der Waals surface area contributed by atoms with Gasteiger partial charge < -0.3 is 29.5 Å². The van der Waals surface area contributed by atoms with Crippen molar-refractivity contribution < 1.29 is 45.7 Å². The van der Waals surface area contributed by atoms with Gasteiger partial charge in [0.05, 0.1) is 30.2 Å². The summed E-state index contributed by atoms with van der Waals surface area (Å²) in [6.45, 7) is 4.45. The molecule has 12 nitrogen and oxygen atoms in total. The number of rotatable bonds is 20. The van der Waals surface area contributed by atoms with Crippen LogP contribution in [-0.2, 0) is 21.2 Å². The Bertz CT molecular complexity index is 1930. The highest BCUT2D eigenvalue weighted by Crippen LogP contribution is 2.39. The lowest BCUT2D eigenvalue weighted by molar-refractivity contribution is -0.605. The smallest absolute Gasteiger partial charge is 0.387 e. The van der Waals surface area contributed by atoms with Crippen molar-refractivity contribution in [2.24, 2.45) is 11.8 Å². The summed E-state index contributed by atoms with van der Waals surface area (Å²) < 4.78 is 78.9. The molecule has 2 N–H and O–H groups in total. The van der Waals surface area contributed by atoms with Crippen LogP contribution in [0.15, 0.2) is 48.8 Å². The van der Waals surface area contributed by atoms with E-state index >= 15 is 0 Å². The first-order valence-corrected chi connectivity index (χ1v) is 21.4. The molecule has 2 aliphatic carbocycles. The molecule has 306 valence electrons. The molecule has 0 unspecified atom stereocenters. The van der Waals surface area contributed by atoms with Crippen molar-refractivity contribution in [3.05, 3.63) is 80.7 Å². The minimum atomic E-state index is -3.76. The molecule has 0 spiro atoms. The summed E-state index contributed by atoms with van der Waals surface area (Å²) in [6, 6.07) is 9.32. The molecule has 2 heterocycles. The van der Waals surface area contributed by atoms with Crippen molar-refractivity contribution in [3.8, 4) is 17.2 Å². The quantitative estimate of drug-likeness (QED) is 0.0522. The Morgan fingerprint density at radius 2 is 1.66 bits per heavy atom. The van der Waals surface area contributed by atoms with E-state index in [4.69, 9.17) is 42.1 Å². The lowest BCUT2D eigenvalue weighted by Crippen LogP contribution is -2.54. The van der Waals surface area contributed by atoms with Crippen molar-refractivity contribution in [2.45, 2.75) is 83.6 Å². The molecule has 1 aliphatic heterocycles. The molecule has 3 aromatic rings. The number of piperazine rings is 1. The van der Waals surface area contributed by atoms with Gasteiger partial charge in [-0.1, -0.05) is 29.3 Å². The molecule has 3 aliphatic rings. The molecule has 1 saturated heterocycles. The van der Waals surface area contributed by atoms with Crippen LogP contribution in [0, 0.1) is 17.0 Å². The van der Waals surface area contributed by atoms with Crippen LogP contribution >= 0.6 is 23.2 Å². The summed E-state index contributed by atoms with van der Waals surface area (Å²) in [4.78, 5) is 16.3. The van der Waals surface area contributed by atoms with Crippen LogP contribution in [0.5, 0.6) is 17.2 Å². The number of esters is 1. The summed E-state index contributed by atoms with van der Waals surface area (Å²) in [5.74, 6) is -0.222.